The van der Waals surface area contributed by atoms with Gasteiger partial charge in [-0.25, -0.2) is 4.98 Å². The third kappa shape index (κ3) is 2.36. The van der Waals surface area contributed by atoms with Crippen LogP contribution in [0.1, 0.15) is 11.5 Å². The molecule has 3 aromatic rings. The number of hydrogen-bond donors (Lipinski definition) is 2. The second kappa shape index (κ2) is 5.09. The Balaban J connectivity index is 1.89. The van der Waals surface area contributed by atoms with E-state index in [9.17, 15) is 0 Å². The molecular weight excluding hydrogens is 250 g/mol. The molecule has 100 valence electrons. The summed E-state index contributed by atoms with van der Waals surface area (Å²) in [5, 5.41) is 3.05. The summed E-state index contributed by atoms with van der Waals surface area (Å²) in [5.41, 5.74) is 10.3. The van der Waals surface area contributed by atoms with Gasteiger partial charge in [0.15, 0.2) is 5.58 Å². The fraction of sp³-hybridized carbons (Fsp3) is 0.0625. The quantitative estimate of drug-likeness (QED) is 0.710. The van der Waals surface area contributed by atoms with Crippen LogP contribution in [0.3, 0.4) is 0 Å². The number of hydrogen-bond acceptors (Lipinski definition) is 4. The Bertz CT molecular complexity index is 741. The summed E-state index contributed by atoms with van der Waals surface area (Å²) in [5.74, 6) is 0.572. The van der Waals surface area contributed by atoms with Crippen LogP contribution in [-0.4, -0.2) is 12.0 Å². The number of nitrogen functional groups attached to an aromatic ring is 1. The van der Waals surface area contributed by atoms with Gasteiger partial charge in [-0.2, -0.15) is 0 Å². The van der Waals surface area contributed by atoms with Crippen LogP contribution in [0.25, 0.3) is 23.3 Å². The summed E-state index contributed by atoms with van der Waals surface area (Å²) in [6.07, 6.45) is 3.73. The molecule has 0 fully saturated rings. The third-order valence-electron chi connectivity index (χ3n) is 3.09. The number of nitrogens with two attached hydrogens (primary N) is 1. The molecule has 3 N–H and O–H groups in total. The molecule has 0 aliphatic rings. The number of anilines is 2. The van der Waals surface area contributed by atoms with Crippen LogP contribution in [0.5, 0.6) is 0 Å². The summed E-state index contributed by atoms with van der Waals surface area (Å²) in [6.45, 7) is 0. The van der Waals surface area contributed by atoms with E-state index in [0.717, 1.165) is 22.4 Å². The van der Waals surface area contributed by atoms with Gasteiger partial charge in [-0.05, 0) is 35.9 Å². The van der Waals surface area contributed by atoms with Crippen LogP contribution < -0.4 is 11.1 Å². The van der Waals surface area contributed by atoms with Crippen molar-refractivity contribution in [2.75, 3.05) is 18.1 Å². The SMILES string of the molecule is CNc1ccc(C=Cc2nc3ccccc3o2)c(N)c1. The molecule has 0 aliphatic carbocycles. The van der Waals surface area contributed by atoms with Gasteiger partial charge in [0.25, 0.3) is 0 Å². The molecule has 1 aromatic heterocycles. The van der Waals surface area contributed by atoms with Crippen LogP contribution >= 0.6 is 0 Å². The van der Waals surface area contributed by atoms with Gasteiger partial charge in [-0.1, -0.05) is 18.2 Å². The predicted molar refractivity (Wildman–Crippen MR) is 83.3 cm³/mol. The molecule has 0 atom stereocenters. The van der Waals surface area contributed by atoms with E-state index >= 15 is 0 Å². The Hall–Kier alpha value is -2.75. The van der Waals surface area contributed by atoms with Crippen molar-refractivity contribution in [2.45, 2.75) is 0 Å². The van der Waals surface area contributed by atoms with Crippen molar-refractivity contribution in [2.24, 2.45) is 0 Å². The Morgan fingerprint density at radius 2 is 2.00 bits per heavy atom. The van der Waals surface area contributed by atoms with Crippen molar-refractivity contribution in [3.63, 3.8) is 0 Å². The highest BCUT2D eigenvalue weighted by atomic mass is 16.3. The summed E-state index contributed by atoms with van der Waals surface area (Å²) in [7, 11) is 1.86. The van der Waals surface area contributed by atoms with Crippen molar-refractivity contribution in [1.29, 1.82) is 0 Å². The summed E-state index contributed by atoms with van der Waals surface area (Å²) in [4.78, 5) is 4.38. The zero-order valence-corrected chi connectivity index (χ0v) is 11.1. The maximum absolute atomic E-state index is 5.99. The molecule has 0 saturated heterocycles. The minimum atomic E-state index is 0.572. The normalized spacial score (nSPS) is 11.2. The lowest BCUT2D eigenvalue weighted by Gasteiger charge is -2.04. The molecule has 0 unspecified atom stereocenters. The first kappa shape index (κ1) is 12.3. The minimum absolute atomic E-state index is 0.572. The summed E-state index contributed by atoms with van der Waals surface area (Å²) in [6, 6.07) is 13.5. The number of para-hydroxylation sites is 2. The van der Waals surface area contributed by atoms with Crippen molar-refractivity contribution >= 4 is 34.6 Å². The highest BCUT2D eigenvalue weighted by molar-refractivity contribution is 5.79. The predicted octanol–water partition coefficient (Wildman–Crippen LogP) is 3.62. The van der Waals surface area contributed by atoms with Gasteiger partial charge in [0.1, 0.15) is 5.52 Å². The Labute approximate surface area is 116 Å². The van der Waals surface area contributed by atoms with E-state index in [0.29, 0.717) is 11.6 Å². The molecule has 3 rings (SSSR count). The molecule has 0 spiro atoms. The molecule has 2 aromatic carbocycles. The number of fused-ring (bicyclic) bond motifs is 1. The first-order chi connectivity index (χ1) is 9.76. The maximum Gasteiger partial charge on any atom is 0.220 e. The second-order valence-corrected chi connectivity index (χ2v) is 4.45. The number of nitrogens with zero attached hydrogens (tertiary/aromatic N) is 1. The van der Waals surface area contributed by atoms with E-state index in [1.807, 2.05) is 61.7 Å². The van der Waals surface area contributed by atoms with Gasteiger partial charge in [0.05, 0.1) is 0 Å². The highest BCUT2D eigenvalue weighted by Gasteiger charge is 2.02. The van der Waals surface area contributed by atoms with E-state index in [2.05, 4.69) is 10.3 Å². The van der Waals surface area contributed by atoms with Crippen LogP contribution in [0, 0.1) is 0 Å². The second-order valence-electron chi connectivity index (χ2n) is 4.45. The summed E-state index contributed by atoms with van der Waals surface area (Å²) >= 11 is 0. The first-order valence-electron chi connectivity index (χ1n) is 6.37. The lowest BCUT2D eigenvalue weighted by Crippen LogP contribution is -1.93. The number of aromatic nitrogens is 1. The van der Waals surface area contributed by atoms with Crippen molar-refractivity contribution < 1.29 is 4.42 Å². The molecule has 0 amide bonds. The van der Waals surface area contributed by atoms with Gasteiger partial charge in [0.2, 0.25) is 5.89 Å². The Morgan fingerprint density at radius 1 is 1.15 bits per heavy atom. The Morgan fingerprint density at radius 3 is 2.75 bits per heavy atom. The fourth-order valence-electron chi connectivity index (χ4n) is 2.00. The molecule has 0 aliphatic heterocycles. The zero-order chi connectivity index (χ0) is 13.9. The van der Waals surface area contributed by atoms with Crippen LogP contribution in [0.4, 0.5) is 11.4 Å². The molecule has 4 heteroatoms. The average Bonchev–Trinajstić information content (AvgIpc) is 2.88. The Kier molecular flexibility index (Phi) is 3.13. The van der Waals surface area contributed by atoms with Gasteiger partial charge in [-0.3, -0.25) is 0 Å². The number of oxazole rings is 1. The zero-order valence-electron chi connectivity index (χ0n) is 11.1. The number of rotatable bonds is 3. The van der Waals surface area contributed by atoms with E-state index in [-0.39, 0.29) is 0 Å². The summed E-state index contributed by atoms with van der Waals surface area (Å²) < 4.78 is 5.62. The van der Waals surface area contributed by atoms with Crippen LogP contribution in [0.2, 0.25) is 0 Å². The molecule has 0 saturated carbocycles. The topological polar surface area (TPSA) is 64.1 Å². The molecule has 0 bridgehead atoms. The average molecular weight is 265 g/mol. The smallest absolute Gasteiger partial charge is 0.220 e. The maximum atomic E-state index is 5.99. The van der Waals surface area contributed by atoms with Gasteiger partial charge < -0.3 is 15.5 Å². The minimum Gasteiger partial charge on any atom is -0.437 e. The van der Waals surface area contributed by atoms with Gasteiger partial charge in [-0.15, -0.1) is 0 Å². The van der Waals surface area contributed by atoms with E-state index in [1.54, 1.807) is 0 Å². The number of benzene rings is 2. The lowest BCUT2D eigenvalue weighted by molar-refractivity contribution is 0.590. The monoisotopic (exact) mass is 265 g/mol. The van der Waals surface area contributed by atoms with Crippen molar-refractivity contribution in [1.82, 2.24) is 4.98 Å². The van der Waals surface area contributed by atoms with Crippen LogP contribution in [-0.2, 0) is 0 Å². The van der Waals surface area contributed by atoms with Gasteiger partial charge >= 0.3 is 0 Å². The highest BCUT2D eigenvalue weighted by Crippen LogP contribution is 2.21. The third-order valence-corrected chi connectivity index (χ3v) is 3.09. The van der Waals surface area contributed by atoms with Gasteiger partial charge in [0, 0.05) is 24.5 Å². The number of nitrogens with one attached hydrogen (secondary N) is 1. The fourth-order valence-corrected chi connectivity index (χ4v) is 2.00. The molecular formula is C16H15N3O. The van der Waals surface area contributed by atoms with E-state index < -0.39 is 0 Å². The molecule has 0 radical (unpaired) electrons. The molecule has 20 heavy (non-hydrogen) atoms. The van der Waals surface area contributed by atoms with Crippen molar-refractivity contribution in [3.8, 4) is 0 Å². The standard InChI is InChI=1S/C16H15N3O/c1-18-12-8-6-11(13(17)10-12)7-9-16-19-14-4-2-3-5-15(14)20-16/h2-10,18H,17H2,1H3. The van der Waals surface area contributed by atoms with E-state index in [1.165, 1.54) is 0 Å². The van der Waals surface area contributed by atoms with Crippen molar-refractivity contribution in [3.05, 3.63) is 53.9 Å². The van der Waals surface area contributed by atoms with Crippen LogP contribution in [0.15, 0.2) is 46.9 Å². The lowest BCUT2D eigenvalue weighted by atomic mass is 10.1. The molecule has 1 heterocycles. The molecule has 4 nitrogen and oxygen atoms in total. The van der Waals surface area contributed by atoms with E-state index in [4.69, 9.17) is 10.2 Å². The first-order valence-corrected chi connectivity index (χ1v) is 6.37. The largest absolute Gasteiger partial charge is 0.437 e.